The second-order valence-corrected chi connectivity index (χ2v) is 7.83. The molecule has 1 atom stereocenters. The van der Waals surface area contributed by atoms with E-state index in [1.54, 1.807) is 0 Å². The Morgan fingerprint density at radius 1 is 1.11 bits per heavy atom. The topological polar surface area (TPSA) is 52.3 Å². The van der Waals surface area contributed by atoms with Crippen LogP contribution in [0.5, 0.6) is 0 Å². The van der Waals surface area contributed by atoms with Crippen LogP contribution in [0.1, 0.15) is 51.4 Å². The van der Waals surface area contributed by atoms with Crippen LogP contribution in [0.15, 0.2) is 0 Å². The predicted molar refractivity (Wildman–Crippen MR) is 72.3 cm³/mol. The summed E-state index contributed by atoms with van der Waals surface area (Å²) in [7, 11) is 1.51. The highest BCUT2D eigenvalue weighted by Crippen LogP contribution is 2.66. The minimum atomic E-state index is -0.683. The van der Waals surface area contributed by atoms with Crippen LogP contribution in [0.4, 0.5) is 0 Å². The van der Waals surface area contributed by atoms with Gasteiger partial charge in [-0.05, 0) is 75.0 Å². The molecule has 0 saturated heterocycles. The van der Waals surface area contributed by atoms with Gasteiger partial charge < -0.3 is 10.5 Å². The van der Waals surface area contributed by atoms with E-state index in [0.29, 0.717) is 5.92 Å². The number of hydrogen-bond donors (Lipinski definition) is 1. The predicted octanol–water partition coefficient (Wildman–Crippen LogP) is 2.48. The summed E-state index contributed by atoms with van der Waals surface area (Å²) in [6, 6.07) is 0. The number of methoxy groups -OCH3 is 1. The Morgan fingerprint density at radius 2 is 1.58 bits per heavy atom. The second kappa shape index (κ2) is 3.75. The maximum Gasteiger partial charge on any atom is 0.326 e. The zero-order chi connectivity index (χ0) is 13.3. The van der Waals surface area contributed by atoms with Crippen molar-refractivity contribution >= 4 is 5.97 Å². The fourth-order valence-electron chi connectivity index (χ4n) is 6.14. The van der Waals surface area contributed by atoms with E-state index >= 15 is 0 Å². The minimum absolute atomic E-state index is 0.0655. The van der Waals surface area contributed by atoms with Crippen LogP contribution in [-0.4, -0.2) is 18.6 Å². The van der Waals surface area contributed by atoms with Crippen LogP contribution < -0.4 is 5.73 Å². The summed E-state index contributed by atoms with van der Waals surface area (Å²) < 4.78 is 5.14. The third kappa shape index (κ3) is 1.51. The lowest BCUT2D eigenvalue weighted by Crippen LogP contribution is -2.68. The van der Waals surface area contributed by atoms with E-state index < -0.39 is 5.54 Å². The lowest BCUT2D eigenvalue weighted by Gasteiger charge is -2.62. The van der Waals surface area contributed by atoms with Crippen molar-refractivity contribution in [2.75, 3.05) is 7.11 Å². The zero-order valence-corrected chi connectivity index (χ0v) is 11.9. The molecule has 0 aromatic carbocycles. The SMILES string of the molecule is COC(=O)C(N)(C1CC1)C12CC3CC(CC(C3)C1)C2. The zero-order valence-electron chi connectivity index (χ0n) is 11.9. The molecule has 3 heteroatoms. The Kier molecular flexibility index (Phi) is 2.41. The van der Waals surface area contributed by atoms with Crippen molar-refractivity contribution in [1.82, 2.24) is 0 Å². The summed E-state index contributed by atoms with van der Waals surface area (Å²) >= 11 is 0. The van der Waals surface area contributed by atoms with Crippen LogP contribution in [-0.2, 0) is 9.53 Å². The molecule has 0 amide bonds. The van der Waals surface area contributed by atoms with Crippen molar-refractivity contribution in [1.29, 1.82) is 0 Å². The smallest absolute Gasteiger partial charge is 0.326 e. The van der Waals surface area contributed by atoms with Crippen LogP contribution in [0.3, 0.4) is 0 Å². The molecule has 0 spiro atoms. The molecule has 5 fully saturated rings. The van der Waals surface area contributed by atoms with Crippen molar-refractivity contribution < 1.29 is 9.53 Å². The van der Waals surface area contributed by atoms with Gasteiger partial charge in [0.05, 0.1) is 7.11 Å². The lowest BCUT2D eigenvalue weighted by molar-refractivity contribution is -0.168. The van der Waals surface area contributed by atoms with Gasteiger partial charge in [-0.1, -0.05) is 0 Å². The highest BCUT2D eigenvalue weighted by molar-refractivity contribution is 5.83. The maximum atomic E-state index is 12.5. The van der Waals surface area contributed by atoms with Gasteiger partial charge in [0.2, 0.25) is 0 Å². The molecule has 3 nitrogen and oxygen atoms in total. The third-order valence-corrected chi connectivity index (χ3v) is 6.66. The minimum Gasteiger partial charge on any atom is -0.468 e. The Balaban J connectivity index is 1.74. The van der Waals surface area contributed by atoms with Gasteiger partial charge >= 0.3 is 5.97 Å². The molecule has 2 N–H and O–H groups in total. The van der Waals surface area contributed by atoms with Gasteiger partial charge in [-0.2, -0.15) is 0 Å². The quantitative estimate of drug-likeness (QED) is 0.796. The number of carbonyl (C=O) groups excluding carboxylic acids is 1. The molecule has 5 saturated carbocycles. The first-order valence-electron chi connectivity index (χ1n) is 7.95. The van der Waals surface area contributed by atoms with E-state index in [2.05, 4.69) is 0 Å². The normalized spacial score (nSPS) is 46.9. The lowest BCUT2D eigenvalue weighted by atomic mass is 9.44. The summed E-state index contributed by atoms with van der Waals surface area (Å²) in [5.74, 6) is 2.75. The van der Waals surface area contributed by atoms with Crippen molar-refractivity contribution in [3.05, 3.63) is 0 Å². The van der Waals surface area contributed by atoms with Gasteiger partial charge in [0, 0.05) is 5.41 Å². The summed E-state index contributed by atoms with van der Waals surface area (Å²) in [6.07, 6.45) is 9.95. The van der Waals surface area contributed by atoms with Crippen LogP contribution in [0.25, 0.3) is 0 Å². The summed E-state index contributed by atoms with van der Waals surface area (Å²) in [4.78, 5) is 12.5. The molecular weight excluding hydrogens is 238 g/mol. The highest BCUT2D eigenvalue weighted by Gasteiger charge is 2.66. The molecule has 4 bridgehead atoms. The Bertz CT molecular complexity index is 380. The molecule has 19 heavy (non-hydrogen) atoms. The van der Waals surface area contributed by atoms with Crippen molar-refractivity contribution in [3.8, 4) is 0 Å². The van der Waals surface area contributed by atoms with E-state index in [1.807, 2.05) is 0 Å². The molecule has 0 aliphatic heterocycles. The van der Waals surface area contributed by atoms with Gasteiger partial charge in [0.25, 0.3) is 0 Å². The average molecular weight is 263 g/mol. The van der Waals surface area contributed by atoms with E-state index in [0.717, 1.165) is 30.6 Å². The Hall–Kier alpha value is -0.570. The van der Waals surface area contributed by atoms with Crippen LogP contribution >= 0.6 is 0 Å². The van der Waals surface area contributed by atoms with Gasteiger partial charge in [-0.25, -0.2) is 0 Å². The van der Waals surface area contributed by atoms with Crippen molar-refractivity contribution in [2.45, 2.75) is 56.9 Å². The molecule has 5 aliphatic rings. The molecule has 0 heterocycles. The first-order valence-corrected chi connectivity index (χ1v) is 7.95. The second-order valence-electron chi connectivity index (χ2n) is 7.83. The van der Waals surface area contributed by atoms with E-state index in [-0.39, 0.29) is 11.4 Å². The molecule has 106 valence electrons. The Labute approximate surface area is 115 Å². The average Bonchev–Trinajstić information content (AvgIpc) is 3.19. The van der Waals surface area contributed by atoms with Crippen LogP contribution in [0, 0.1) is 29.1 Å². The molecule has 0 radical (unpaired) electrons. The first kappa shape index (κ1) is 12.2. The van der Waals surface area contributed by atoms with Gasteiger partial charge in [0.1, 0.15) is 5.54 Å². The third-order valence-electron chi connectivity index (χ3n) is 6.66. The van der Waals surface area contributed by atoms with E-state index in [9.17, 15) is 4.79 Å². The number of carbonyl (C=O) groups is 1. The fourth-order valence-corrected chi connectivity index (χ4v) is 6.14. The summed E-state index contributed by atoms with van der Waals surface area (Å²) in [6.45, 7) is 0. The highest BCUT2D eigenvalue weighted by atomic mass is 16.5. The van der Waals surface area contributed by atoms with Gasteiger partial charge in [0.15, 0.2) is 0 Å². The van der Waals surface area contributed by atoms with E-state index in [1.165, 1.54) is 45.6 Å². The fraction of sp³-hybridized carbons (Fsp3) is 0.938. The number of rotatable bonds is 3. The molecular formula is C16H25NO2. The number of ether oxygens (including phenoxy) is 1. The number of hydrogen-bond acceptors (Lipinski definition) is 3. The van der Waals surface area contributed by atoms with Gasteiger partial charge in [-0.3, -0.25) is 4.79 Å². The van der Waals surface area contributed by atoms with E-state index in [4.69, 9.17) is 10.5 Å². The van der Waals surface area contributed by atoms with Crippen LogP contribution in [0.2, 0.25) is 0 Å². The number of esters is 1. The molecule has 1 unspecified atom stereocenters. The molecule has 0 aromatic heterocycles. The summed E-state index contributed by atoms with van der Waals surface area (Å²) in [5.41, 5.74) is 6.16. The molecule has 5 aliphatic carbocycles. The molecule has 5 rings (SSSR count). The monoisotopic (exact) mass is 263 g/mol. The first-order chi connectivity index (χ1) is 9.07. The van der Waals surface area contributed by atoms with Crippen molar-refractivity contribution in [3.63, 3.8) is 0 Å². The number of nitrogens with two attached hydrogens (primary N) is 1. The Morgan fingerprint density at radius 3 is 1.95 bits per heavy atom. The molecule has 0 aromatic rings. The largest absolute Gasteiger partial charge is 0.468 e. The van der Waals surface area contributed by atoms with Crippen molar-refractivity contribution in [2.24, 2.45) is 34.8 Å². The standard InChI is InChI=1S/C16H25NO2/c1-19-14(18)16(17,13-2-3-13)15-7-10-4-11(8-15)6-12(5-10)9-15/h10-13H,2-9,17H2,1H3. The van der Waals surface area contributed by atoms with Gasteiger partial charge in [-0.15, -0.1) is 0 Å². The summed E-state index contributed by atoms with van der Waals surface area (Å²) in [5, 5.41) is 0. The maximum absolute atomic E-state index is 12.5.